The summed E-state index contributed by atoms with van der Waals surface area (Å²) in [6.07, 6.45) is 7.57. The van der Waals surface area contributed by atoms with Crippen LogP contribution in [-0.4, -0.2) is 61.1 Å². The number of benzene rings is 1. The third kappa shape index (κ3) is 3.77. The number of aromatic nitrogens is 5. The Balaban J connectivity index is 1.12. The Bertz CT molecular complexity index is 1650. The Morgan fingerprint density at radius 1 is 1.08 bits per heavy atom. The number of nitrogens with zero attached hydrogens (tertiary/aromatic N) is 5. The fourth-order valence-electron chi connectivity index (χ4n) is 5.84. The van der Waals surface area contributed by atoms with E-state index in [0.717, 1.165) is 82.8 Å². The normalized spacial score (nSPS) is 17.3. The summed E-state index contributed by atoms with van der Waals surface area (Å²) in [4.78, 5) is 28.7. The van der Waals surface area contributed by atoms with Crippen LogP contribution < -0.4 is 9.64 Å². The molecular formula is C29H29N7O2. The first kappa shape index (κ1) is 22.8. The molecule has 1 aromatic carbocycles. The molecule has 4 aromatic heterocycles. The summed E-state index contributed by atoms with van der Waals surface area (Å²) in [6, 6.07) is 14.2. The van der Waals surface area contributed by atoms with E-state index in [1.54, 1.807) is 13.1 Å². The van der Waals surface area contributed by atoms with Crippen molar-refractivity contribution in [3.05, 3.63) is 66.6 Å². The van der Waals surface area contributed by atoms with Crippen LogP contribution in [0.5, 0.6) is 5.75 Å². The van der Waals surface area contributed by atoms with E-state index in [1.807, 2.05) is 54.5 Å². The zero-order chi connectivity index (χ0) is 25.9. The summed E-state index contributed by atoms with van der Waals surface area (Å²) in [5.74, 6) is 1.89. The van der Waals surface area contributed by atoms with Crippen LogP contribution in [0, 0.1) is 0 Å². The van der Waals surface area contributed by atoms with Crippen molar-refractivity contribution >= 4 is 33.7 Å². The number of aromatic amines is 2. The predicted molar refractivity (Wildman–Crippen MR) is 146 cm³/mol. The molecule has 1 saturated carbocycles. The highest BCUT2D eigenvalue weighted by molar-refractivity contribution is 5.93. The molecule has 1 aliphatic carbocycles. The first-order valence-electron chi connectivity index (χ1n) is 13.1. The number of carbonyl (C=O) groups is 1. The molecule has 1 saturated heterocycles. The van der Waals surface area contributed by atoms with E-state index >= 15 is 0 Å². The summed E-state index contributed by atoms with van der Waals surface area (Å²) < 4.78 is 6.36. The van der Waals surface area contributed by atoms with Crippen molar-refractivity contribution in [1.82, 2.24) is 30.0 Å². The molecule has 0 unspecified atom stereocenters. The molecule has 9 heteroatoms. The van der Waals surface area contributed by atoms with Crippen LogP contribution in [0.15, 0.2) is 61.1 Å². The molecule has 9 nitrogen and oxygen atoms in total. The second kappa shape index (κ2) is 8.58. The lowest BCUT2D eigenvalue weighted by atomic mass is 10.1. The number of rotatable bonds is 5. The van der Waals surface area contributed by atoms with Crippen molar-refractivity contribution in [2.75, 3.05) is 24.5 Å². The second-order valence-electron chi connectivity index (χ2n) is 10.4. The number of pyridine rings is 2. The zero-order valence-electron chi connectivity index (χ0n) is 21.4. The second-order valence-corrected chi connectivity index (χ2v) is 10.4. The highest BCUT2D eigenvalue weighted by Crippen LogP contribution is 2.45. The van der Waals surface area contributed by atoms with Gasteiger partial charge in [-0.05, 0) is 62.2 Å². The maximum Gasteiger partial charge on any atom is 0.220 e. The molecule has 1 spiro atoms. The van der Waals surface area contributed by atoms with Gasteiger partial charge >= 0.3 is 0 Å². The third-order valence-electron chi connectivity index (χ3n) is 7.98. The fourth-order valence-corrected chi connectivity index (χ4v) is 5.84. The number of nitrogens with one attached hydrogen (secondary N) is 2. The maximum absolute atomic E-state index is 12.0. The van der Waals surface area contributed by atoms with Crippen LogP contribution >= 0.6 is 0 Å². The number of H-pyrrole nitrogens is 2. The van der Waals surface area contributed by atoms with Crippen LogP contribution in [0.1, 0.15) is 38.4 Å². The summed E-state index contributed by atoms with van der Waals surface area (Å²) in [5, 5.41) is 9.78. The highest BCUT2D eigenvalue weighted by Gasteiger charge is 2.52. The quantitative estimate of drug-likeness (QED) is 0.353. The molecule has 192 valence electrons. The topological polar surface area (TPSA) is 103 Å². The minimum Gasteiger partial charge on any atom is -0.486 e. The van der Waals surface area contributed by atoms with E-state index in [1.165, 1.54) is 0 Å². The molecule has 0 bridgehead atoms. The molecular weight excluding hydrogens is 478 g/mol. The summed E-state index contributed by atoms with van der Waals surface area (Å²) in [7, 11) is 0. The molecule has 1 atom stereocenters. The summed E-state index contributed by atoms with van der Waals surface area (Å²) >= 11 is 0. The lowest BCUT2D eigenvalue weighted by Gasteiger charge is -2.42. The van der Waals surface area contributed by atoms with Gasteiger partial charge in [0.1, 0.15) is 29.0 Å². The number of hydrogen-bond donors (Lipinski definition) is 2. The van der Waals surface area contributed by atoms with Gasteiger partial charge in [0.15, 0.2) is 0 Å². The van der Waals surface area contributed by atoms with Gasteiger partial charge in [0.25, 0.3) is 0 Å². The van der Waals surface area contributed by atoms with Gasteiger partial charge in [-0.2, -0.15) is 5.10 Å². The van der Waals surface area contributed by atoms with E-state index in [9.17, 15) is 4.79 Å². The zero-order valence-corrected chi connectivity index (χ0v) is 21.4. The standard InChI is InChI=1S/C29H29N7O2/c1-18(22-7-11-30-28-23(22)8-12-31-28)38-21-4-5-25-24(15-21)27(34-33-25)20-3-6-26(32-16-20)35-13-14-36(19(2)37)29(17-35)9-10-29/h3-8,11-12,15-16,18H,9-10,13-14,17H2,1-2H3,(H,30,31)(H,33,34)/t18-/m1/s1. The number of hydrogen-bond acceptors (Lipinski definition) is 6. The number of amides is 1. The van der Waals surface area contributed by atoms with E-state index < -0.39 is 0 Å². The first-order chi connectivity index (χ1) is 18.5. The van der Waals surface area contributed by atoms with Gasteiger partial charge < -0.3 is 19.5 Å². The van der Waals surface area contributed by atoms with Crippen molar-refractivity contribution in [3.63, 3.8) is 0 Å². The Hall–Kier alpha value is -4.40. The van der Waals surface area contributed by atoms with Crippen molar-refractivity contribution in [2.24, 2.45) is 0 Å². The summed E-state index contributed by atoms with van der Waals surface area (Å²) in [5.41, 5.74) is 4.66. The number of ether oxygens (including phenoxy) is 1. The van der Waals surface area contributed by atoms with Crippen LogP contribution in [0.3, 0.4) is 0 Å². The van der Waals surface area contributed by atoms with Gasteiger partial charge in [0, 0.05) is 67.0 Å². The lowest BCUT2D eigenvalue weighted by molar-refractivity contribution is -0.132. The molecule has 2 N–H and O–H groups in total. The van der Waals surface area contributed by atoms with E-state index in [-0.39, 0.29) is 17.6 Å². The molecule has 5 heterocycles. The first-order valence-corrected chi connectivity index (χ1v) is 13.1. The predicted octanol–water partition coefficient (Wildman–Crippen LogP) is 4.84. The Labute approximate surface area is 219 Å². The molecule has 38 heavy (non-hydrogen) atoms. The third-order valence-corrected chi connectivity index (χ3v) is 7.98. The van der Waals surface area contributed by atoms with Crippen molar-refractivity contribution in [2.45, 2.75) is 38.3 Å². The minimum absolute atomic E-state index is 0.000489. The van der Waals surface area contributed by atoms with Crippen LogP contribution in [0.25, 0.3) is 33.2 Å². The van der Waals surface area contributed by atoms with E-state index in [0.29, 0.717) is 0 Å². The van der Waals surface area contributed by atoms with Crippen LogP contribution in [0.2, 0.25) is 0 Å². The number of fused-ring (bicyclic) bond motifs is 2. The minimum atomic E-state index is -0.150. The van der Waals surface area contributed by atoms with Gasteiger partial charge in [-0.1, -0.05) is 0 Å². The SMILES string of the molecule is CC(=O)N1CCN(c2ccc(-c3n[nH]c4ccc(O[C@H](C)c5ccnc6[nH]ccc56)cc34)cn2)CC12CC2. The molecule has 1 amide bonds. The average molecular weight is 508 g/mol. The largest absolute Gasteiger partial charge is 0.486 e. The Morgan fingerprint density at radius 3 is 2.76 bits per heavy atom. The van der Waals surface area contributed by atoms with Crippen molar-refractivity contribution in [3.8, 4) is 17.0 Å². The van der Waals surface area contributed by atoms with Crippen molar-refractivity contribution in [1.29, 1.82) is 0 Å². The number of piperazine rings is 1. The van der Waals surface area contributed by atoms with Gasteiger partial charge in [-0.3, -0.25) is 9.89 Å². The highest BCUT2D eigenvalue weighted by atomic mass is 16.5. The Kier molecular flexibility index (Phi) is 5.14. The van der Waals surface area contributed by atoms with E-state index in [2.05, 4.69) is 37.2 Å². The molecule has 2 aliphatic rings. The maximum atomic E-state index is 12.0. The van der Waals surface area contributed by atoms with Crippen molar-refractivity contribution < 1.29 is 9.53 Å². The average Bonchev–Trinajstić information content (AvgIpc) is 3.33. The monoisotopic (exact) mass is 507 g/mol. The summed E-state index contributed by atoms with van der Waals surface area (Å²) in [6.45, 7) is 6.11. The van der Waals surface area contributed by atoms with Gasteiger partial charge in [0.05, 0.1) is 11.1 Å². The van der Waals surface area contributed by atoms with Gasteiger partial charge in [-0.25, -0.2) is 9.97 Å². The smallest absolute Gasteiger partial charge is 0.220 e. The van der Waals surface area contributed by atoms with E-state index in [4.69, 9.17) is 9.72 Å². The molecule has 7 rings (SSSR count). The molecule has 2 fully saturated rings. The van der Waals surface area contributed by atoms with Crippen LogP contribution in [0.4, 0.5) is 5.82 Å². The number of anilines is 1. The molecule has 0 radical (unpaired) electrons. The molecule has 5 aromatic rings. The Morgan fingerprint density at radius 2 is 1.97 bits per heavy atom. The lowest BCUT2D eigenvalue weighted by Crippen LogP contribution is -2.56. The van der Waals surface area contributed by atoms with Gasteiger partial charge in [-0.15, -0.1) is 0 Å². The van der Waals surface area contributed by atoms with Crippen LogP contribution in [-0.2, 0) is 4.79 Å². The molecule has 1 aliphatic heterocycles. The number of carbonyl (C=O) groups excluding carboxylic acids is 1. The van der Waals surface area contributed by atoms with Gasteiger partial charge in [0.2, 0.25) is 5.91 Å². The fraction of sp³-hybridized carbons (Fsp3) is 0.310.